The van der Waals surface area contributed by atoms with Crippen LogP contribution in [-0.4, -0.2) is 16.4 Å². The smallest absolute Gasteiger partial charge is 0.228 e. The summed E-state index contributed by atoms with van der Waals surface area (Å²) in [6.45, 7) is 1.73. The number of carboxylic acids is 1. The van der Waals surface area contributed by atoms with Crippen LogP contribution in [0.15, 0.2) is 42.5 Å². The Morgan fingerprint density at radius 3 is 2.75 bits per heavy atom. The molecule has 2 aromatic carbocycles. The lowest BCUT2D eigenvalue weighted by Gasteiger charge is -2.16. The van der Waals surface area contributed by atoms with E-state index in [0.29, 0.717) is 0 Å². The highest BCUT2D eigenvalue weighted by Gasteiger charge is 2.27. The third kappa shape index (κ3) is 2.09. The van der Waals surface area contributed by atoms with E-state index < -0.39 is 5.97 Å². The first-order chi connectivity index (χ1) is 11.6. The Balaban J connectivity index is 2.14. The molecule has 1 N–H and O–H groups in total. The molecule has 5 nitrogen and oxygen atoms in total. The summed E-state index contributed by atoms with van der Waals surface area (Å²) in [4.78, 5) is 23.4. The maximum absolute atomic E-state index is 12.1. The van der Waals surface area contributed by atoms with Gasteiger partial charge in [-0.05, 0) is 30.2 Å². The van der Waals surface area contributed by atoms with Crippen molar-refractivity contribution in [3.63, 3.8) is 0 Å². The molecule has 0 atom stereocenters. The van der Waals surface area contributed by atoms with Crippen molar-refractivity contribution < 1.29 is 14.7 Å². The van der Waals surface area contributed by atoms with Crippen molar-refractivity contribution in [3.05, 3.63) is 53.6 Å². The van der Waals surface area contributed by atoms with Crippen molar-refractivity contribution >= 4 is 28.5 Å². The summed E-state index contributed by atoms with van der Waals surface area (Å²) in [5.74, 6) is -1.24. The van der Waals surface area contributed by atoms with E-state index in [4.69, 9.17) is 0 Å². The number of carboxylic acid groups (broad SMARTS) is 1. The van der Waals surface area contributed by atoms with E-state index in [-0.39, 0.29) is 18.9 Å². The number of rotatable bonds is 3. The molecule has 0 saturated carbocycles. The largest absolute Gasteiger partial charge is 0.548 e. The second kappa shape index (κ2) is 5.23. The van der Waals surface area contributed by atoms with Gasteiger partial charge in [-0.3, -0.25) is 4.79 Å². The molecule has 0 saturated heterocycles. The number of aromatic nitrogens is 1. The molecular formula is C19H15N2O3-. The van der Waals surface area contributed by atoms with Crippen LogP contribution in [0.1, 0.15) is 11.1 Å². The van der Waals surface area contributed by atoms with Crippen LogP contribution in [0.4, 0.5) is 5.69 Å². The molecular weight excluding hydrogens is 304 g/mol. The van der Waals surface area contributed by atoms with Gasteiger partial charge in [0.1, 0.15) is 0 Å². The van der Waals surface area contributed by atoms with Gasteiger partial charge in [0, 0.05) is 10.9 Å². The molecule has 120 valence electrons. The highest BCUT2D eigenvalue weighted by atomic mass is 16.4. The minimum Gasteiger partial charge on any atom is -0.548 e. The fourth-order valence-corrected chi connectivity index (χ4v) is 3.56. The molecule has 0 radical (unpaired) electrons. The molecule has 0 bridgehead atoms. The lowest BCUT2D eigenvalue weighted by Crippen LogP contribution is -2.27. The predicted octanol–water partition coefficient (Wildman–Crippen LogP) is 1.86. The van der Waals surface area contributed by atoms with Gasteiger partial charge in [-0.2, -0.15) is 0 Å². The summed E-state index contributed by atoms with van der Waals surface area (Å²) in [5, 5.41) is 15.1. The molecule has 24 heavy (non-hydrogen) atoms. The minimum absolute atomic E-state index is 0.0870. The standard InChI is InChI=1S/C19H16N2O3/c1-11-5-2-3-6-12(11)19-13-9-16(22)20-14-7-4-8-15(18(13)14)21(19)10-17(23)24/h2-8H,9-10H2,1H3,(H,20,22)(H,23,24)/p-1. The summed E-state index contributed by atoms with van der Waals surface area (Å²) in [5.41, 5.74) is 5.15. The van der Waals surface area contributed by atoms with Crippen molar-refractivity contribution in [1.29, 1.82) is 0 Å². The van der Waals surface area contributed by atoms with Gasteiger partial charge in [-0.15, -0.1) is 0 Å². The van der Waals surface area contributed by atoms with E-state index in [1.165, 1.54) is 0 Å². The van der Waals surface area contributed by atoms with Crippen molar-refractivity contribution in [3.8, 4) is 11.3 Å². The normalized spacial score (nSPS) is 13.1. The number of carbonyl (C=O) groups is 2. The van der Waals surface area contributed by atoms with Crippen LogP contribution in [0.3, 0.4) is 0 Å². The number of carbonyl (C=O) groups excluding carboxylic acids is 2. The van der Waals surface area contributed by atoms with Crippen LogP contribution in [0.2, 0.25) is 0 Å². The first-order valence-electron chi connectivity index (χ1n) is 7.76. The van der Waals surface area contributed by atoms with Gasteiger partial charge in [-0.1, -0.05) is 30.3 Å². The fourth-order valence-electron chi connectivity index (χ4n) is 3.56. The molecule has 0 fully saturated rings. The Bertz CT molecular complexity index is 1000. The zero-order chi connectivity index (χ0) is 16.8. The molecule has 0 aliphatic carbocycles. The number of amides is 1. The molecule has 2 heterocycles. The molecule has 1 aliphatic rings. The number of aryl methyl sites for hydroxylation is 1. The van der Waals surface area contributed by atoms with E-state index in [1.807, 2.05) is 49.4 Å². The Hall–Kier alpha value is -3.08. The van der Waals surface area contributed by atoms with Gasteiger partial charge >= 0.3 is 0 Å². The van der Waals surface area contributed by atoms with Crippen molar-refractivity contribution in [2.24, 2.45) is 0 Å². The molecule has 1 aromatic heterocycles. The van der Waals surface area contributed by atoms with Crippen LogP contribution < -0.4 is 10.4 Å². The Morgan fingerprint density at radius 2 is 2.00 bits per heavy atom. The lowest BCUT2D eigenvalue weighted by molar-refractivity contribution is -0.306. The SMILES string of the molecule is Cc1ccccc1-c1c2c3c(cccc3n1CC(=O)[O-])NC(=O)C2. The summed E-state index contributed by atoms with van der Waals surface area (Å²) in [7, 11) is 0. The van der Waals surface area contributed by atoms with Crippen LogP contribution in [0.5, 0.6) is 0 Å². The number of hydrogen-bond donors (Lipinski definition) is 1. The van der Waals surface area contributed by atoms with Gasteiger partial charge in [0.25, 0.3) is 0 Å². The monoisotopic (exact) mass is 319 g/mol. The molecule has 4 rings (SSSR count). The van der Waals surface area contributed by atoms with Crippen LogP contribution in [0, 0.1) is 6.92 Å². The van der Waals surface area contributed by atoms with E-state index in [1.54, 1.807) is 4.57 Å². The van der Waals surface area contributed by atoms with Crippen molar-refractivity contribution in [2.75, 3.05) is 5.32 Å². The van der Waals surface area contributed by atoms with E-state index in [0.717, 1.165) is 39.0 Å². The Kier molecular flexibility index (Phi) is 3.16. The summed E-state index contributed by atoms with van der Waals surface area (Å²) in [6.07, 6.45) is 0.233. The van der Waals surface area contributed by atoms with E-state index in [9.17, 15) is 14.7 Å². The molecule has 3 aromatic rings. The van der Waals surface area contributed by atoms with Gasteiger partial charge < -0.3 is 19.8 Å². The van der Waals surface area contributed by atoms with Gasteiger partial charge in [0.15, 0.2) is 0 Å². The first kappa shape index (κ1) is 14.5. The summed E-state index contributed by atoms with van der Waals surface area (Å²) < 4.78 is 1.74. The second-order valence-electron chi connectivity index (χ2n) is 6.02. The number of nitrogens with zero attached hydrogens (tertiary/aromatic N) is 1. The molecule has 0 unspecified atom stereocenters. The van der Waals surface area contributed by atoms with E-state index in [2.05, 4.69) is 5.32 Å². The van der Waals surface area contributed by atoms with Crippen LogP contribution >= 0.6 is 0 Å². The number of nitrogens with one attached hydrogen (secondary N) is 1. The highest BCUT2D eigenvalue weighted by molar-refractivity contribution is 6.12. The van der Waals surface area contributed by atoms with Crippen molar-refractivity contribution in [2.45, 2.75) is 19.9 Å². The Labute approximate surface area is 138 Å². The lowest BCUT2D eigenvalue weighted by atomic mass is 9.96. The number of aliphatic carboxylic acids is 1. The second-order valence-corrected chi connectivity index (χ2v) is 6.02. The molecule has 0 spiro atoms. The number of hydrogen-bond acceptors (Lipinski definition) is 3. The quantitative estimate of drug-likeness (QED) is 0.801. The summed E-state index contributed by atoms with van der Waals surface area (Å²) in [6, 6.07) is 13.3. The number of benzene rings is 2. The predicted molar refractivity (Wildman–Crippen MR) is 89.5 cm³/mol. The molecule has 5 heteroatoms. The van der Waals surface area contributed by atoms with E-state index >= 15 is 0 Å². The topological polar surface area (TPSA) is 74.2 Å². The summed E-state index contributed by atoms with van der Waals surface area (Å²) >= 11 is 0. The molecule has 1 aliphatic heterocycles. The van der Waals surface area contributed by atoms with Crippen molar-refractivity contribution in [1.82, 2.24) is 4.57 Å². The average Bonchev–Trinajstić information content (AvgIpc) is 2.82. The average molecular weight is 319 g/mol. The van der Waals surface area contributed by atoms with Gasteiger partial charge in [-0.25, -0.2) is 0 Å². The van der Waals surface area contributed by atoms with Crippen LogP contribution in [-0.2, 0) is 22.6 Å². The van der Waals surface area contributed by atoms with Gasteiger partial charge in [0.2, 0.25) is 5.91 Å². The zero-order valence-corrected chi connectivity index (χ0v) is 13.1. The van der Waals surface area contributed by atoms with Gasteiger partial charge in [0.05, 0.1) is 35.8 Å². The van der Waals surface area contributed by atoms with Crippen LogP contribution in [0.25, 0.3) is 22.2 Å². The zero-order valence-electron chi connectivity index (χ0n) is 13.1. The Morgan fingerprint density at radius 1 is 1.21 bits per heavy atom. The fraction of sp³-hybridized carbons (Fsp3) is 0.158. The molecule has 1 amide bonds. The minimum atomic E-state index is -1.16. The first-order valence-corrected chi connectivity index (χ1v) is 7.76. The third-order valence-corrected chi connectivity index (χ3v) is 4.49. The third-order valence-electron chi connectivity index (χ3n) is 4.49. The highest BCUT2D eigenvalue weighted by Crippen LogP contribution is 2.41. The maximum Gasteiger partial charge on any atom is 0.228 e. The number of anilines is 1. The maximum atomic E-state index is 12.1.